The lowest BCUT2D eigenvalue weighted by atomic mass is 10.1. The number of hydrogen-bond acceptors (Lipinski definition) is 8. The minimum Gasteiger partial charge on any atom is -0.492 e. The van der Waals surface area contributed by atoms with E-state index in [0.717, 1.165) is 5.56 Å². The van der Waals surface area contributed by atoms with Crippen LogP contribution in [0.25, 0.3) is 16.9 Å². The number of carbonyl (C=O) groups excluding carboxylic acids is 2. The number of carboxylic acid groups (broad SMARTS) is 1. The van der Waals surface area contributed by atoms with Crippen molar-refractivity contribution in [3.05, 3.63) is 88.7 Å². The van der Waals surface area contributed by atoms with E-state index in [9.17, 15) is 19.5 Å². The second kappa shape index (κ2) is 9.41. The van der Waals surface area contributed by atoms with Gasteiger partial charge in [0.15, 0.2) is 11.5 Å². The van der Waals surface area contributed by atoms with Crippen LogP contribution in [-0.4, -0.2) is 47.3 Å². The highest BCUT2D eigenvalue weighted by Crippen LogP contribution is 2.17. The van der Waals surface area contributed by atoms with Gasteiger partial charge in [-0.15, -0.1) is 0 Å². The highest BCUT2D eigenvalue weighted by molar-refractivity contribution is 5.98. The molecule has 0 unspecified atom stereocenters. The largest absolute Gasteiger partial charge is 0.492 e. The number of benzene rings is 2. The first kappa shape index (κ1) is 23.5. The van der Waals surface area contributed by atoms with Gasteiger partial charge in [-0.3, -0.25) is 14.0 Å². The zero-order chi connectivity index (χ0) is 26.1. The molecular formula is C25H20N6O6. The Bertz CT molecular complexity index is 1670. The van der Waals surface area contributed by atoms with Gasteiger partial charge < -0.3 is 25.3 Å². The Hall–Kier alpha value is -5.26. The number of oxazole rings is 1. The number of nitrogens with zero attached hydrogens (tertiary/aromatic N) is 4. The van der Waals surface area contributed by atoms with Crippen molar-refractivity contribution in [1.29, 1.82) is 0 Å². The number of nitrogens with one attached hydrogen (secondary N) is 2. The molecule has 37 heavy (non-hydrogen) atoms. The molecule has 0 radical (unpaired) electrons. The Kier molecular flexibility index (Phi) is 5.97. The van der Waals surface area contributed by atoms with E-state index in [2.05, 4.69) is 25.6 Å². The van der Waals surface area contributed by atoms with Crippen molar-refractivity contribution in [2.45, 2.75) is 20.0 Å². The van der Waals surface area contributed by atoms with Crippen molar-refractivity contribution in [3.8, 4) is 5.88 Å². The summed E-state index contributed by atoms with van der Waals surface area (Å²) >= 11 is 0. The van der Waals surface area contributed by atoms with Crippen LogP contribution in [0.1, 0.15) is 48.4 Å². The van der Waals surface area contributed by atoms with Crippen molar-refractivity contribution in [2.24, 2.45) is 0 Å². The minimum atomic E-state index is -1.05. The van der Waals surface area contributed by atoms with E-state index in [1.54, 1.807) is 37.3 Å². The van der Waals surface area contributed by atoms with E-state index in [4.69, 9.17) is 9.52 Å². The topological polar surface area (TPSA) is 172 Å². The number of carbonyl (C=O) groups is 3. The maximum Gasteiger partial charge on any atom is 0.335 e. The molecule has 5 rings (SSSR count). The summed E-state index contributed by atoms with van der Waals surface area (Å²) in [6.45, 7) is 2.04. The van der Waals surface area contributed by atoms with E-state index < -0.39 is 17.8 Å². The van der Waals surface area contributed by atoms with E-state index in [-0.39, 0.29) is 41.7 Å². The van der Waals surface area contributed by atoms with Gasteiger partial charge >= 0.3 is 5.97 Å². The highest BCUT2D eigenvalue weighted by atomic mass is 16.4. The molecular weight excluding hydrogens is 480 g/mol. The van der Waals surface area contributed by atoms with E-state index >= 15 is 0 Å². The summed E-state index contributed by atoms with van der Waals surface area (Å²) < 4.78 is 6.73. The molecule has 0 aliphatic rings. The van der Waals surface area contributed by atoms with Crippen LogP contribution in [0.2, 0.25) is 0 Å². The van der Waals surface area contributed by atoms with E-state index in [1.807, 2.05) is 0 Å². The second-order valence-electron chi connectivity index (χ2n) is 8.20. The van der Waals surface area contributed by atoms with Crippen molar-refractivity contribution < 1.29 is 29.0 Å². The minimum absolute atomic E-state index is 0.0272. The first-order chi connectivity index (χ1) is 17.8. The molecule has 186 valence electrons. The Morgan fingerprint density at radius 3 is 2.38 bits per heavy atom. The molecule has 0 aliphatic heterocycles. The van der Waals surface area contributed by atoms with Gasteiger partial charge in [-0.1, -0.05) is 18.2 Å². The molecule has 12 heteroatoms. The van der Waals surface area contributed by atoms with Gasteiger partial charge in [0.25, 0.3) is 11.8 Å². The average Bonchev–Trinajstić information content (AvgIpc) is 3.45. The second-order valence-corrected chi connectivity index (χ2v) is 8.20. The van der Waals surface area contributed by atoms with Crippen LogP contribution in [0.3, 0.4) is 0 Å². The number of amides is 2. The summed E-state index contributed by atoms with van der Waals surface area (Å²) in [7, 11) is 0. The van der Waals surface area contributed by atoms with Crippen LogP contribution in [0.5, 0.6) is 5.88 Å². The Balaban J connectivity index is 1.33. The number of aryl methyl sites for hydroxylation is 1. The van der Waals surface area contributed by atoms with Crippen molar-refractivity contribution in [1.82, 2.24) is 30.0 Å². The fourth-order valence-electron chi connectivity index (χ4n) is 3.75. The molecule has 12 nitrogen and oxygen atoms in total. The smallest absolute Gasteiger partial charge is 0.335 e. The third-order valence-electron chi connectivity index (χ3n) is 5.56. The lowest BCUT2D eigenvalue weighted by Gasteiger charge is -2.10. The quantitative estimate of drug-likeness (QED) is 0.262. The highest BCUT2D eigenvalue weighted by Gasteiger charge is 2.19. The van der Waals surface area contributed by atoms with Gasteiger partial charge in [0.05, 0.1) is 11.8 Å². The monoisotopic (exact) mass is 500 g/mol. The van der Waals surface area contributed by atoms with E-state index in [1.165, 1.54) is 28.8 Å². The number of fused-ring (bicyclic) bond motifs is 2. The molecule has 2 aromatic carbocycles. The lowest BCUT2D eigenvalue weighted by molar-refractivity contribution is 0.0696. The van der Waals surface area contributed by atoms with Crippen molar-refractivity contribution in [2.75, 3.05) is 0 Å². The van der Waals surface area contributed by atoms with Crippen LogP contribution in [0.4, 0.5) is 0 Å². The molecule has 0 bridgehead atoms. The van der Waals surface area contributed by atoms with Crippen LogP contribution in [-0.2, 0) is 13.1 Å². The van der Waals surface area contributed by atoms with Crippen molar-refractivity contribution in [3.63, 3.8) is 0 Å². The van der Waals surface area contributed by atoms with Crippen molar-refractivity contribution >= 4 is 34.7 Å². The first-order valence-corrected chi connectivity index (χ1v) is 11.1. The zero-order valence-corrected chi connectivity index (χ0v) is 19.4. The fourth-order valence-corrected chi connectivity index (χ4v) is 3.75. The molecule has 5 aromatic rings. The maximum absolute atomic E-state index is 13.0. The molecule has 3 heterocycles. The molecule has 2 amide bonds. The third kappa shape index (κ3) is 4.93. The normalized spacial score (nSPS) is 11.1. The summed E-state index contributed by atoms with van der Waals surface area (Å²) in [6, 6.07) is 12.7. The van der Waals surface area contributed by atoms with E-state index in [0.29, 0.717) is 22.6 Å². The Morgan fingerprint density at radius 1 is 0.919 bits per heavy atom. The number of aromatic carboxylic acids is 1. The number of imidazole rings is 1. The number of rotatable bonds is 7. The molecule has 4 N–H and O–H groups in total. The third-order valence-corrected chi connectivity index (χ3v) is 5.56. The zero-order valence-electron chi connectivity index (χ0n) is 19.4. The van der Waals surface area contributed by atoms with Gasteiger partial charge in [-0.25, -0.2) is 14.8 Å². The van der Waals surface area contributed by atoms with Gasteiger partial charge in [0.1, 0.15) is 16.9 Å². The van der Waals surface area contributed by atoms with Gasteiger partial charge in [-0.05, 0) is 41.5 Å². The predicted octanol–water partition coefficient (Wildman–Crippen LogP) is 2.44. The molecule has 3 aromatic heterocycles. The fraction of sp³-hybridized carbons (Fsp3) is 0.120. The molecule has 0 saturated heterocycles. The van der Waals surface area contributed by atoms with Gasteiger partial charge in [0.2, 0.25) is 11.7 Å². The Morgan fingerprint density at radius 2 is 1.62 bits per heavy atom. The number of carboxylic acids is 1. The summed E-state index contributed by atoms with van der Waals surface area (Å²) in [4.78, 5) is 49.2. The molecule has 0 spiro atoms. The summed E-state index contributed by atoms with van der Waals surface area (Å²) in [5.74, 6) is -1.98. The SMILES string of the molecule is Cc1nc2cc(CNC(=O)c3cc(C(=O)NCc4ccc(C(=O)O)cc4)n4cc(O)nc4n3)ccc2o1. The molecule has 0 saturated carbocycles. The predicted molar refractivity (Wildman–Crippen MR) is 129 cm³/mol. The first-order valence-electron chi connectivity index (χ1n) is 11.1. The number of hydrogen-bond donors (Lipinski definition) is 4. The van der Waals surface area contributed by atoms with Gasteiger partial charge in [0, 0.05) is 20.0 Å². The van der Waals surface area contributed by atoms with Crippen LogP contribution in [0, 0.1) is 6.92 Å². The molecule has 0 fully saturated rings. The molecule has 0 aliphatic carbocycles. The number of aromatic nitrogens is 4. The van der Waals surface area contributed by atoms with Crippen LogP contribution >= 0.6 is 0 Å². The maximum atomic E-state index is 13.0. The van der Waals surface area contributed by atoms with Crippen LogP contribution < -0.4 is 10.6 Å². The van der Waals surface area contributed by atoms with Gasteiger partial charge in [-0.2, -0.15) is 4.98 Å². The number of aromatic hydroxyl groups is 1. The summed E-state index contributed by atoms with van der Waals surface area (Å²) in [5, 5.41) is 24.3. The summed E-state index contributed by atoms with van der Waals surface area (Å²) in [6.07, 6.45) is 1.22. The van der Waals surface area contributed by atoms with Crippen LogP contribution in [0.15, 0.2) is 59.1 Å². The summed E-state index contributed by atoms with van der Waals surface area (Å²) in [5.41, 5.74) is 2.89. The molecule has 0 atom stereocenters. The Labute approximate surface area is 208 Å². The average molecular weight is 500 g/mol. The lowest BCUT2D eigenvalue weighted by Crippen LogP contribution is -2.28. The standard InChI is InChI=1S/C25H20N6O6/c1-13-28-17-8-15(4-7-20(17)37-13)11-26-22(33)18-9-19(31-12-21(32)30-25(31)29-18)23(34)27-10-14-2-5-16(6-3-14)24(35)36/h2-9,12,32H,10-11H2,1H3,(H,26,33)(H,27,34)(H,35,36).